The fourth-order valence-electron chi connectivity index (χ4n) is 2.76. The number of carbonyl (C=O) groups is 1. The van der Waals surface area contributed by atoms with Crippen LogP contribution in [0.3, 0.4) is 0 Å². The second kappa shape index (κ2) is 5.53. The molecule has 3 nitrogen and oxygen atoms in total. The van der Waals surface area contributed by atoms with Crippen LogP contribution in [-0.2, 0) is 4.79 Å². The largest absolute Gasteiger partial charge is 0.481 e. The number of nitrogens with one attached hydrogen (secondary N) is 1. The van der Waals surface area contributed by atoms with Crippen LogP contribution in [0.4, 0.5) is 0 Å². The van der Waals surface area contributed by atoms with Crippen molar-refractivity contribution in [3.05, 3.63) is 35.4 Å². The van der Waals surface area contributed by atoms with Gasteiger partial charge in [-0.05, 0) is 35.9 Å². The Morgan fingerprint density at radius 1 is 1.44 bits per heavy atom. The highest BCUT2D eigenvalue weighted by molar-refractivity contribution is 5.76. The summed E-state index contributed by atoms with van der Waals surface area (Å²) in [5, 5.41) is 12.7. The lowest BCUT2D eigenvalue weighted by Gasteiger charge is -2.18. The van der Waals surface area contributed by atoms with Crippen molar-refractivity contribution in [2.24, 2.45) is 5.92 Å². The fraction of sp³-hybridized carbons (Fsp3) is 0.533. The van der Waals surface area contributed by atoms with Crippen LogP contribution in [0.5, 0.6) is 0 Å². The molecule has 0 aromatic heterocycles. The average molecular weight is 247 g/mol. The third-order valence-electron chi connectivity index (χ3n) is 3.73. The molecular formula is C15H21NO2. The molecule has 98 valence electrons. The molecular weight excluding hydrogens is 226 g/mol. The van der Waals surface area contributed by atoms with Crippen LogP contribution in [0, 0.1) is 5.92 Å². The number of aliphatic carboxylic acids is 1. The highest BCUT2D eigenvalue weighted by atomic mass is 16.4. The number of hydrogen-bond donors (Lipinski definition) is 2. The molecule has 0 radical (unpaired) electrons. The average Bonchev–Trinajstić information content (AvgIpc) is 2.81. The van der Waals surface area contributed by atoms with Gasteiger partial charge in [-0.25, -0.2) is 0 Å². The van der Waals surface area contributed by atoms with Crippen molar-refractivity contribution in [3.8, 4) is 0 Å². The van der Waals surface area contributed by atoms with E-state index in [1.807, 2.05) is 26.0 Å². The zero-order chi connectivity index (χ0) is 13.1. The number of carboxylic acid groups (broad SMARTS) is 1. The quantitative estimate of drug-likeness (QED) is 0.859. The highest BCUT2D eigenvalue weighted by Gasteiger charge is 2.25. The van der Waals surface area contributed by atoms with Crippen LogP contribution < -0.4 is 5.32 Å². The van der Waals surface area contributed by atoms with Gasteiger partial charge in [-0.3, -0.25) is 4.79 Å². The Hall–Kier alpha value is -1.35. The van der Waals surface area contributed by atoms with Crippen molar-refractivity contribution in [2.45, 2.75) is 32.1 Å². The second-order valence-corrected chi connectivity index (χ2v) is 5.42. The summed E-state index contributed by atoms with van der Waals surface area (Å²) in [4.78, 5) is 11.4. The Morgan fingerprint density at radius 2 is 2.22 bits per heavy atom. The number of carboxylic acids is 1. The Kier molecular flexibility index (Phi) is 4.02. The van der Waals surface area contributed by atoms with Crippen LogP contribution >= 0.6 is 0 Å². The van der Waals surface area contributed by atoms with Crippen LogP contribution in [0.15, 0.2) is 24.3 Å². The summed E-state index contributed by atoms with van der Waals surface area (Å²) in [6.45, 7) is 5.98. The normalized spacial score (nSPS) is 21.2. The van der Waals surface area contributed by atoms with Crippen molar-refractivity contribution < 1.29 is 9.90 Å². The number of hydrogen-bond acceptors (Lipinski definition) is 2. The van der Waals surface area contributed by atoms with Gasteiger partial charge in [0.25, 0.3) is 0 Å². The van der Waals surface area contributed by atoms with E-state index in [1.165, 1.54) is 5.56 Å². The summed E-state index contributed by atoms with van der Waals surface area (Å²) in [5.41, 5.74) is 2.20. The van der Waals surface area contributed by atoms with Crippen molar-refractivity contribution in [2.75, 3.05) is 13.1 Å². The molecule has 0 amide bonds. The zero-order valence-corrected chi connectivity index (χ0v) is 11.0. The molecule has 2 rings (SSSR count). The highest BCUT2D eigenvalue weighted by Crippen LogP contribution is 2.29. The molecule has 2 N–H and O–H groups in total. The van der Waals surface area contributed by atoms with E-state index in [9.17, 15) is 9.90 Å². The van der Waals surface area contributed by atoms with E-state index < -0.39 is 11.9 Å². The minimum Gasteiger partial charge on any atom is -0.481 e. The molecule has 0 aliphatic carbocycles. The summed E-state index contributed by atoms with van der Waals surface area (Å²) in [7, 11) is 0. The van der Waals surface area contributed by atoms with Crippen molar-refractivity contribution in [3.63, 3.8) is 0 Å². The molecule has 0 saturated carbocycles. The van der Waals surface area contributed by atoms with E-state index in [0.717, 1.165) is 25.1 Å². The van der Waals surface area contributed by atoms with Gasteiger partial charge < -0.3 is 10.4 Å². The maximum Gasteiger partial charge on any atom is 0.311 e. The summed E-state index contributed by atoms with van der Waals surface area (Å²) < 4.78 is 0. The minimum absolute atomic E-state index is 0.111. The van der Waals surface area contributed by atoms with Gasteiger partial charge in [0.2, 0.25) is 0 Å². The topological polar surface area (TPSA) is 49.3 Å². The first-order valence-corrected chi connectivity index (χ1v) is 6.63. The molecule has 1 heterocycles. The van der Waals surface area contributed by atoms with E-state index in [2.05, 4.69) is 17.4 Å². The molecule has 2 unspecified atom stereocenters. The van der Waals surface area contributed by atoms with Crippen molar-refractivity contribution in [1.29, 1.82) is 0 Å². The SMILES string of the molecule is CC(C)C(C(=O)O)c1cccc(C2CCNC2)c1. The van der Waals surface area contributed by atoms with Crippen molar-refractivity contribution >= 4 is 5.97 Å². The maximum absolute atomic E-state index is 11.4. The third kappa shape index (κ3) is 2.72. The maximum atomic E-state index is 11.4. The molecule has 0 spiro atoms. The van der Waals surface area contributed by atoms with E-state index in [0.29, 0.717) is 5.92 Å². The lowest BCUT2D eigenvalue weighted by Crippen LogP contribution is -2.18. The summed E-state index contributed by atoms with van der Waals surface area (Å²) in [5.74, 6) is -0.489. The second-order valence-electron chi connectivity index (χ2n) is 5.42. The molecule has 1 fully saturated rings. The Labute approximate surface area is 108 Å². The van der Waals surface area contributed by atoms with Gasteiger partial charge in [-0.1, -0.05) is 38.1 Å². The lowest BCUT2D eigenvalue weighted by molar-refractivity contribution is -0.139. The minimum atomic E-state index is -0.730. The fourth-order valence-corrected chi connectivity index (χ4v) is 2.76. The van der Waals surface area contributed by atoms with Gasteiger partial charge in [0, 0.05) is 6.54 Å². The van der Waals surface area contributed by atoms with E-state index in [1.54, 1.807) is 0 Å². The van der Waals surface area contributed by atoms with Gasteiger partial charge in [0.1, 0.15) is 0 Å². The monoisotopic (exact) mass is 247 g/mol. The molecule has 3 heteroatoms. The van der Waals surface area contributed by atoms with Crippen LogP contribution in [-0.4, -0.2) is 24.2 Å². The molecule has 1 aliphatic rings. The van der Waals surface area contributed by atoms with E-state index in [-0.39, 0.29) is 5.92 Å². The Bertz CT molecular complexity index is 422. The molecule has 0 bridgehead atoms. The number of benzene rings is 1. The van der Waals surface area contributed by atoms with E-state index >= 15 is 0 Å². The molecule has 1 aromatic rings. The van der Waals surface area contributed by atoms with Gasteiger partial charge in [0.05, 0.1) is 5.92 Å². The molecule has 1 saturated heterocycles. The molecule has 1 aliphatic heterocycles. The Morgan fingerprint density at radius 3 is 2.78 bits per heavy atom. The predicted molar refractivity (Wildman–Crippen MR) is 71.9 cm³/mol. The van der Waals surface area contributed by atoms with Gasteiger partial charge in [0.15, 0.2) is 0 Å². The molecule has 18 heavy (non-hydrogen) atoms. The first kappa shape index (κ1) is 13.1. The number of rotatable bonds is 4. The zero-order valence-electron chi connectivity index (χ0n) is 11.0. The van der Waals surface area contributed by atoms with Crippen LogP contribution in [0.25, 0.3) is 0 Å². The van der Waals surface area contributed by atoms with Crippen LogP contribution in [0.1, 0.15) is 43.2 Å². The summed E-state index contributed by atoms with van der Waals surface area (Å²) in [6, 6.07) is 8.11. The first-order valence-electron chi connectivity index (χ1n) is 6.63. The van der Waals surface area contributed by atoms with Gasteiger partial charge >= 0.3 is 5.97 Å². The van der Waals surface area contributed by atoms with Crippen molar-refractivity contribution in [1.82, 2.24) is 5.32 Å². The summed E-state index contributed by atoms with van der Waals surface area (Å²) >= 11 is 0. The predicted octanol–water partition coefficient (Wildman–Crippen LogP) is 2.59. The van der Waals surface area contributed by atoms with Gasteiger partial charge in [-0.2, -0.15) is 0 Å². The molecule has 2 atom stereocenters. The Balaban J connectivity index is 2.27. The first-order chi connectivity index (χ1) is 8.59. The smallest absolute Gasteiger partial charge is 0.311 e. The summed E-state index contributed by atoms with van der Waals surface area (Å²) in [6.07, 6.45) is 1.14. The van der Waals surface area contributed by atoms with Crippen LogP contribution in [0.2, 0.25) is 0 Å². The van der Waals surface area contributed by atoms with Gasteiger partial charge in [-0.15, -0.1) is 0 Å². The molecule has 1 aromatic carbocycles. The lowest BCUT2D eigenvalue weighted by atomic mass is 9.86. The van der Waals surface area contributed by atoms with E-state index in [4.69, 9.17) is 0 Å². The third-order valence-corrected chi connectivity index (χ3v) is 3.73. The standard InChI is InChI=1S/C15H21NO2/c1-10(2)14(15(17)18)12-5-3-4-11(8-12)13-6-7-16-9-13/h3-5,8,10,13-14,16H,6-7,9H2,1-2H3,(H,17,18).